The van der Waals surface area contributed by atoms with Gasteiger partial charge in [0, 0.05) is 12.8 Å². The lowest BCUT2D eigenvalue weighted by Crippen LogP contribution is -2.67. The second-order valence-electron chi connectivity index (χ2n) is 19.4. The molecular formula is C51H95O18P. The fourth-order valence-electron chi connectivity index (χ4n) is 8.76. The summed E-state index contributed by atoms with van der Waals surface area (Å²) in [5.41, 5.74) is 0. The lowest BCUT2D eigenvalue weighted by atomic mass is 9.84. The Kier molecular flexibility index (Phi) is 35.8. The van der Waals surface area contributed by atoms with Crippen molar-refractivity contribution in [3.8, 4) is 0 Å². The lowest BCUT2D eigenvalue weighted by molar-refractivity contribution is -0.338. The van der Waals surface area contributed by atoms with Crippen molar-refractivity contribution in [2.45, 2.75) is 280 Å². The van der Waals surface area contributed by atoms with E-state index in [1.54, 1.807) is 0 Å². The summed E-state index contributed by atoms with van der Waals surface area (Å²) in [5.74, 6) is -1.23. The molecular weight excluding hydrogens is 932 g/mol. The number of esters is 2. The van der Waals surface area contributed by atoms with Crippen LogP contribution < -0.4 is 0 Å². The summed E-state index contributed by atoms with van der Waals surface area (Å²) >= 11 is 0. The number of phosphoric ester groups is 1. The minimum atomic E-state index is -5.38. The first kappa shape index (κ1) is 64.5. The molecule has 1 heterocycles. The molecule has 18 nitrogen and oxygen atoms in total. The van der Waals surface area contributed by atoms with Gasteiger partial charge in [0.2, 0.25) is 0 Å². The topological polar surface area (TPSA) is 289 Å². The summed E-state index contributed by atoms with van der Waals surface area (Å²) < 4.78 is 45.5. The zero-order chi connectivity index (χ0) is 51.6. The molecule has 1 saturated carbocycles. The number of aliphatic hydroxyl groups is 8. The molecule has 0 aromatic heterocycles. The first-order valence-electron chi connectivity index (χ1n) is 27.0. The highest BCUT2D eigenvalue weighted by atomic mass is 31.2. The van der Waals surface area contributed by atoms with Crippen LogP contribution >= 0.6 is 7.82 Å². The van der Waals surface area contributed by atoms with Crippen molar-refractivity contribution in [1.82, 2.24) is 0 Å². The number of allylic oxidation sites excluding steroid dienone is 2. The van der Waals surface area contributed by atoms with Crippen LogP contribution in [-0.2, 0) is 42.1 Å². The van der Waals surface area contributed by atoms with Crippen LogP contribution in [0.2, 0.25) is 0 Å². The van der Waals surface area contributed by atoms with Crippen molar-refractivity contribution >= 4 is 19.8 Å². The van der Waals surface area contributed by atoms with Gasteiger partial charge >= 0.3 is 19.8 Å². The maximum atomic E-state index is 13.4. The van der Waals surface area contributed by atoms with Gasteiger partial charge < -0.3 is 64.7 Å². The molecule has 0 radical (unpaired) electrons. The number of ether oxygens (including phenoxy) is 4. The van der Waals surface area contributed by atoms with Crippen molar-refractivity contribution < 1.29 is 87.9 Å². The summed E-state index contributed by atoms with van der Waals surface area (Å²) in [7, 11) is -5.38. The van der Waals surface area contributed by atoms with Gasteiger partial charge in [-0.1, -0.05) is 167 Å². The smallest absolute Gasteiger partial charge is 0.462 e. The third kappa shape index (κ3) is 27.1. The molecule has 1 aliphatic carbocycles. The van der Waals surface area contributed by atoms with Crippen LogP contribution in [0.25, 0.3) is 0 Å². The van der Waals surface area contributed by atoms with Crippen LogP contribution in [0.5, 0.6) is 0 Å². The third-order valence-electron chi connectivity index (χ3n) is 13.2. The van der Waals surface area contributed by atoms with Gasteiger partial charge in [0.05, 0.1) is 13.2 Å². The van der Waals surface area contributed by atoms with Gasteiger partial charge in [-0.2, -0.15) is 0 Å². The van der Waals surface area contributed by atoms with Crippen molar-refractivity contribution in [3.05, 3.63) is 12.2 Å². The Labute approximate surface area is 418 Å². The van der Waals surface area contributed by atoms with E-state index < -0.39 is 113 Å². The Morgan fingerprint density at radius 1 is 0.529 bits per heavy atom. The Morgan fingerprint density at radius 3 is 1.43 bits per heavy atom. The lowest BCUT2D eigenvalue weighted by Gasteiger charge is -2.47. The molecule has 1 saturated heterocycles. The summed E-state index contributed by atoms with van der Waals surface area (Å²) in [6.45, 7) is 2.24. The Hall–Kier alpha value is -1.61. The van der Waals surface area contributed by atoms with E-state index in [-0.39, 0.29) is 12.8 Å². The fraction of sp³-hybridized carbons (Fsp3) is 0.922. The van der Waals surface area contributed by atoms with Gasteiger partial charge in [-0.25, -0.2) is 4.57 Å². The molecule has 2 fully saturated rings. The highest BCUT2D eigenvalue weighted by molar-refractivity contribution is 7.47. The number of phosphoric acid groups is 1. The molecule has 0 amide bonds. The highest BCUT2D eigenvalue weighted by Gasteiger charge is 2.55. The molecule has 19 heteroatoms. The van der Waals surface area contributed by atoms with Gasteiger partial charge in [0.1, 0.15) is 67.6 Å². The zero-order valence-corrected chi connectivity index (χ0v) is 43.5. The average molecular weight is 1030 g/mol. The normalized spacial score (nSPS) is 27.4. The fourth-order valence-corrected chi connectivity index (χ4v) is 9.73. The Morgan fingerprint density at radius 2 is 0.943 bits per heavy atom. The third-order valence-corrected chi connectivity index (χ3v) is 14.2. The van der Waals surface area contributed by atoms with Gasteiger partial charge in [0.15, 0.2) is 12.4 Å². The Balaban J connectivity index is 1.92. The SMILES string of the molecule is CCCCCCCCCC=CCCCCCC(=O)OC(COC(=O)CCCCCCCCCCCCCCCCCC)COP(=O)(O)OC1C(O)C(O)C(O)C(O)C1OC1OC(CO)C(O)C(O)C1O. The maximum absolute atomic E-state index is 13.4. The Bertz CT molecular complexity index is 1410. The maximum Gasteiger partial charge on any atom is 0.472 e. The van der Waals surface area contributed by atoms with Gasteiger partial charge in [-0.05, 0) is 38.5 Å². The van der Waals surface area contributed by atoms with E-state index in [9.17, 15) is 59.9 Å². The van der Waals surface area contributed by atoms with E-state index in [0.29, 0.717) is 12.8 Å². The van der Waals surface area contributed by atoms with Crippen LogP contribution in [0.4, 0.5) is 0 Å². The van der Waals surface area contributed by atoms with Crippen LogP contribution in [0.1, 0.15) is 206 Å². The van der Waals surface area contributed by atoms with E-state index in [1.807, 2.05) is 0 Å². The van der Waals surface area contributed by atoms with Gasteiger partial charge in [-0.3, -0.25) is 18.6 Å². The molecule has 2 aliphatic rings. The summed E-state index contributed by atoms with van der Waals surface area (Å²) in [6.07, 6.45) is 12.9. The monoisotopic (exact) mass is 1030 g/mol. The number of hydrogen-bond acceptors (Lipinski definition) is 17. The van der Waals surface area contributed by atoms with Gasteiger partial charge in [0.25, 0.3) is 0 Å². The quantitative estimate of drug-likeness (QED) is 0.0130. The minimum Gasteiger partial charge on any atom is -0.462 e. The predicted octanol–water partition coefficient (Wildman–Crippen LogP) is 6.88. The molecule has 13 atom stereocenters. The van der Waals surface area contributed by atoms with E-state index in [2.05, 4.69) is 26.0 Å². The number of carbonyl (C=O) groups excluding carboxylic acids is 2. The first-order chi connectivity index (χ1) is 33.7. The number of carbonyl (C=O) groups is 2. The van der Waals surface area contributed by atoms with Crippen molar-refractivity contribution in [3.63, 3.8) is 0 Å². The molecule has 9 N–H and O–H groups in total. The molecule has 0 bridgehead atoms. The first-order valence-corrected chi connectivity index (χ1v) is 28.5. The van der Waals surface area contributed by atoms with Crippen molar-refractivity contribution in [2.75, 3.05) is 19.8 Å². The molecule has 0 spiro atoms. The van der Waals surface area contributed by atoms with Crippen LogP contribution in [0.15, 0.2) is 12.2 Å². The number of unbranched alkanes of at least 4 members (excludes halogenated alkanes) is 25. The number of hydrogen-bond donors (Lipinski definition) is 9. The van der Waals surface area contributed by atoms with E-state index in [4.69, 9.17) is 28.0 Å². The molecule has 70 heavy (non-hydrogen) atoms. The largest absolute Gasteiger partial charge is 0.472 e. The summed E-state index contributed by atoms with van der Waals surface area (Å²) in [6, 6.07) is 0. The molecule has 0 aromatic rings. The number of rotatable bonds is 42. The van der Waals surface area contributed by atoms with Crippen LogP contribution in [0.3, 0.4) is 0 Å². The zero-order valence-electron chi connectivity index (χ0n) is 42.6. The molecule has 0 aromatic carbocycles. The van der Waals surface area contributed by atoms with E-state index >= 15 is 0 Å². The second kappa shape index (κ2) is 38.9. The van der Waals surface area contributed by atoms with E-state index in [0.717, 1.165) is 51.4 Å². The van der Waals surface area contributed by atoms with Crippen molar-refractivity contribution in [1.29, 1.82) is 0 Å². The highest BCUT2D eigenvalue weighted by Crippen LogP contribution is 2.48. The summed E-state index contributed by atoms with van der Waals surface area (Å²) in [4.78, 5) is 36.6. The van der Waals surface area contributed by atoms with E-state index in [1.165, 1.54) is 116 Å². The summed E-state index contributed by atoms with van der Waals surface area (Å²) in [5, 5.41) is 83.0. The second-order valence-corrected chi connectivity index (χ2v) is 20.8. The molecule has 412 valence electrons. The van der Waals surface area contributed by atoms with Crippen LogP contribution in [0, 0.1) is 0 Å². The molecule has 2 rings (SSSR count). The molecule has 1 aliphatic heterocycles. The van der Waals surface area contributed by atoms with Crippen molar-refractivity contribution in [2.24, 2.45) is 0 Å². The molecule has 13 unspecified atom stereocenters. The van der Waals surface area contributed by atoms with Crippen LogP contribution in [-0.4, -0.2) is 151 Å². The predicted molar refractivity (Wildman–Crippen MR) is 263 cm³/mol. The standard InChI is InChI=1S/C51H95O18P/c1-3-5-7-9-11-13-15-17-19-20-22-23-25-27-29-31-33-40(53)64-36-38(66-41(54)34-32-30-28-26-24-21-18-16-14-12-10-8-6-4-2)37-65-70(62,63)69-50-47(60)45(58)44(57)46(59)49(50)68-51-48(61)43(56)42(55)39(35-52)67-51/h21,24,38-39,42-52,55-61H,3-20,22-23,25-37H2,1-2H3,(H,62,63). The average Bonchev–Trinajstić information content (AvgIpc) is 3.34. The number of aliphatic hydroxyl groups excluding tert-OH is 8. The van der Waals surface area contributed by atoms with Gasteiger partial charge in [-0.15, -0.1) is 0 Å². The minimum absolute atomic E-state index is 0.0159.